The van der Waals surface area contributed by atoms with Crippen LogP contribution in [0.5, 0.6) is 0 Å². The van der Waals surface area contributed by atoms with E-state index in [9.17, 15) is 0 Å². The molecule has 1 spiro atoms. The zero-order chi connectivity index (χ0) is 29.6. The molecule has 1 aromatic rings. The van der Waals surface area contributed by atoms with Gasteiger partial charge in [-0.15, -0.1) is 0 Å². The molecule has 0 N–H and O–H groups in total. The van der Waals surface area contributed by atoms with E-state index in [0.717, 1.165) is 19.4 Å². The minimum absolute atomic E-state index is 0.0612. The molecular formula is C35H58O3Si2. The second-order valence-corrected chi connectivity index (χ2v) is 26.6. The Morgan fingerprint density at radius 2 is 1.48 bits per heavy atom. The summed E-state index contributed by atoms with van der Waals surface area (Å²) >= 11 is 0. The van der Waals surface area contributed by atoms with E-state index < -0.39 is 16.6 Å². The summed E-state index contributed by atoms with van der Waals surface area (Å²) in [5.41, 5.74) is 3.04. The van der Waals surface area contributed by atoms with E-state index in [2.05, 4.69) is 105 Å². The van der Waals surface area contributed by atoms with Crippen molar-refractivity contribution in [3.8, 4) is 0 Å². The number of hydrogen-bond acceptors (Lipinski definition) is 3. The Labute approximate surface area is 248 Å². The number of rotatable bonds is 9. The summed E-state index contributed by atoms with van der Waals surface area (Å²) in [5.74, 6) is 1.29. The van der Waals surface area contributed by atoms with Gasteiger partial charge in [0.2, 0.25) is 0 Å². The third kappa shape index (κ3) is 4.26. The predicted molar refractivity (Wildman–Crippen MR) is 172 cm³/mol. The Morgan fingerprint density at radius 3 is 2.05 bits per heavy atom. The monoisotopic (exact) mass is 582 g/mol. The van der Waals surface area contributed by atoms with Crippen LogP contribution in [-0.4, -0.2) is 35.4 Å². The van der Waals surface area contributed by atoms with Crippen LogP contribution in [0.2, 0.25) is 36.3 Å². The normalized spacial score (nSPS) is 37.7. The molecular weight excluding hydrogens is 525 g/mol. The van der Waals surface area contributed by atoms with Crippen LogP contribution < -0.4 is 0 Å². The lowest BCUT2D eigenvalue weighted by atomic mass is 9.34. The van der Waals surface area contributed by atoms with Crippen LogP contribution >= 0.6 is 0 Å². The van der Waals surface area contributed by atoms with Crippen molar-refractivity contribution in [3.63, 3.8) is 0 Å². The van der Waals surface area contributed by atoms with Gasteiger partial charge in [-0.3, -0.25) is 0 Å². The van der Waals surface area contributed by atoms with Gasteiger partial charge in [0.15, 0.2) is 16.6 Å². The Kier molecular flexibility index (Phi) is 7.40. The maximum absolute atomic E-state index is 7.50. The molecule has 5 aliphatic carbocycles. The average molecular weight is 583 g/mol. The first kappa shape index (κ1) is 30.7. The minimum atomic E-state index is -1.99. The molecule has 2 bridgehead atoms. The molecule has 0 heterocycles. The molecule has 40 heavy (non-hydrogen) atoms. The Morgan fingerprint density at radius 1 is 0.900 bits per heavy atom. The summed E-state index contributed by atoms with van der Waals surface area (Å²) < 4.78 is 21.2. The topological polar surface area (TPSA) is 27.7 Å². The van der Waals surface area contributed by atoms with Gasteiger partial charge in [-0.05, 0) is 84.8 Å². The lowest BCUT2D eigenvalue weighted by molar-refractivity contribution is -0.190. The molecule has 5 heteroatoms. The zero-order valence-electron chi connectivity index (χ0n) is 27.6. The van der Waals surface area contributed by atoms with Gasteiger partial charge >= 0.3 is 0 Å². The number of fused-ring (bicyclic) bond motifs is 1. The summed E-state index contributed by atoms with van der Waals surface area (Å²) in [7, 11) is -3.95. The SMILES string of the molecule is C=C1[C@]23[C@@H](O[Si](C)(C)C(C)(C)C)C[C@@]1([C@@H]1C[C@H]1COCc1ccccc1)[C@]2(C)CCC[C@H]3O[Si](C)(C)C(C)(C)C. The molecule has 6 rings (SSSR count). The second-order valence-electron chi connectivity index (χ2n) is 17.1. The zero-order valence-corrected chi connectivity index (χ0v) is 29.6. The van der Waals surface area contributed by atoms with Gasteiger partial charge < -0.3 is 13.6 Å². The Bertz CT molecular complexity index is 1120. The van der Waals surface area contributed by atoms with Gasteiger partial charge in [0.25, 0.3) is 0 Å². The summed E-state index contributed by atoms with van der Waals surface area (Å²) in [5, 5.41) is 0.366. The van der Waals surface area contributed by atoms with E-state index in [1.165, 1.54) is 30.4 Å². The lowest BCUT2D eigenvalue weighted by Crippen LogP contribution is -2.71. The fourth-order valence-corrected chi connectivity index (χ4v) is 11.5. The highest BCUT2D eigenvalue weighted by molar-refractivity contribution is 6.74. The summed E-state index contributed by atoms with van der Waals surface area (Å²) in [6.45, 7) is 33.2. The summed E-state index contributed by atoms with van der Waals surface area (Å²) in [6, 6.07) is 10.6. The standard InChI is InChI=1S/C35H58O3Si2/c1-25-34(28-21-27(28)24-36-23-26-17-14-13-15-18-26)22-30(38-40(11,12)32(5,6)7)35(25)29(19-16-20-33(34,35)8)37-39(9,10)31(2,3)4/h13-15,17-18,27-30H,1,16,19-24H2,2-12H3/t27-,28+,29+,30-,33-,34+,35-/m0/s1. The van der Waals surface area contributed by atoms with Crippen LogP contribution in [0, 0.1) is 28.1 Å². The smallest absolute Gasteiger partial charge is 0.192 e. The Balaban J connectivity index is 1.45. The van der Waals surface area contributed by atoms with Gasteiger partial charge in [0, 0.05) is 10.8 Å². The highest BCUT2D eigenvalue weighted by atomic mass is 28.4. The molecule has 0 unspecified atom stereocenters. The van der Waals surface area contributed by atoms with Crippen molar-refractivity contribution < 1.29 is 13.6 Å². The number of benzene rings is 1. The van der Waals surface area contributed by atoms with E-state index >= 15 is 0 Å². The fraction of sp³-hybridized carbons (Fsp3) is 0.771. The van der Waals surface area contributed by atoms with Gasteiger partial charge in [0.1, 0.15) is 0 Å². The third-order valence-electron chi connectivity index (χ3n) is 13.1. The van der Waals surface area contributed by atoms with Gasteiger partial charge in [-0.1, -0.05) is 97.4 Å². The van der Waals surface area contributed by atoms with Gasteiger partial charge in [-0.2, -0.15) is 0 Å². The molecule has 0 amide bonds. The van der Waals surface area contributed by atoms with Crippen LogP contribution in [0.1, 0.15) is 86.1 Å². The minimum Gasteiger partial charge on any atom is -0.413 e. The largest absolute Gasteiger partial charge is 0.413 e. The molecule has 1 aromatic carbocycles. The second kappa shape index (κ2) is 9.64. The van der Waals surface area contributed by atoms with E-state index in [4.69, 9.17) is 20.2 Å². The van der Waals surface area contributed by atoms with Crippen molar-refractivity contribution in [2.75, 3.05) is 6.61 Å². The van der Waals surface area contributed by atoms with Crippen LogP contribution in [0.25, 0.3) is 0 Å². The van der Waals surface area contributed by atoms with Crippen LogP contribution in [0.4, 0.5) is 0 Å². The third-order valence-corrected chi connectivity index (χ3v) is 22.1. The highest BCUT2D eigenvalue weighted by Crippen LogP contribution is 2.90. The molecule has 0 aliphatic heterocycles. The maximum Gasteiger partial charge on any atom is 0.192 e. The molecule has 0 radical (unpaired) electrons. The first-order chi connectivity index (χ1) is 18.4. The van der Waals surface area contributed by atoms with Crippen molar-refractivity contribution in [2.24, 2.45) is 28.1 Å². The van der Waals surface area contributed by atoms with Crippen LogP contribution in [0.15, 0.2) is 42.5 Å². The van der Waals surface area contributed by atoms with E-state index in [-0.39, 0.29) is 38.5 Å². The molecule has 0 saturated heterocycles. The molecule has 0 aromatic heterocycles. The summed E-state index contributed by atoms with van der Waals surface area (Å²) in [6.07, 6.45) is 6.49. The van der Waals surface area contributed by atoms with E-state index in [0.29, 0.717) is 18.4 Å². The lowest BCUT2D eigenvalue weighted by Gasteiger charge is -2.72. The van der Waals surface area contributed by atoms with Crippen molar-refractivity contribution >= 4 is 16.6 Å². The first-order valence-electron chi connectivity index (χ1n) is 16.0. The maximum atomic E-state index is 7.50. The van der Waals surface area contributed by atoms with Crippen molar-refractivity contribution in [1.82, 2.24) is 0 Å². The molecule has 3 nitrogen and oxygen atoms in total. The quantitative estimate of drug-likeness (QED) is 0.214. The van der Waals surface area contributed by atoms with E-state index in [1.54, 1.807) is 0 Å². The van der Waals surface area contributed by atoms with Crippen molar-refractivity contribution in [1.29, 1.82) is 0 Å². The average Bonchev–Trinajstić information content (AvgIpc) is 3.49. The number of hydrogen-bond donors (Lipinski definition) is 0. The highest BCUT2D eigenvalue weighted by Gasteiger charge is 2.88. The molecule has 5 aliphatic rings. The van der Waals surface area contributed by atoms with Gasteiger partial charge in [-0.25, -0.2) is 0 Å². The molecule has 5 fully saturated rings. The van der Waals surface area contributed by atoms with Gasteiger partial charge in [0.05, 0.1) is 25.4 Å². The first-order valence-corrected chi connectivity index (χ1v) is 21.8. The van der Waals surface area contributed by atoms with Crippen molar-refractivity contribution in [3.05, 3.63) is 48.0 Å². The molecule has 224 valence electrons. The fourth-order valence-electron chi connectivity index (χ4n) is 8.82. The molecule has 7 atom stereocenters. The van der Waals surface area contributed by atoms with Crippen LogP contribution in [0.3, 0.4) is 0 Å². The predicted octanol–water partition coefficient (Wildman–Crippen LogP) is 9.76. The van der Waals surface area contributed by atoms with Crippen LogP contribution in [-0.2, 0) is 20.2 Å². The Hall–Kier alpha value is -0.726. The number of ether oxygens (including phenoxy) is 1. The van der Waals surface area contributed by atoms with E-state index in [1.807, 2.05) is 0 Å². The molecule has 5 saturated carbocycles. The summed E-state index contributed by atoms with van der Waals surface area (Å²) in [4.78, 5) is 0. The van der Waals surface area contributed by atoms with Crippen molar-refractivity contribution in [2.45, 2.75) is 136 Å².